The lowest BCUT2D eigenvalue weighted by atomic mass is 10.3. The highest BCUT2D eigenvalue weighted by Gasteiger charge is 2.14. The van der Waals surface area contributed by atoms with E-state index in [0.29, 0.717) is 23.9 Å². The molecule has 2 aromatic rings. The highest BCUT2D eigenvalue weighted by atomic mass is 16.5. The van der Waals surface area contributed by atoms with Crippen LogP contribution in [-0.2, 0) is 9.59 Å². The molecule has 0 aliphatic rings. The van der Waals surface area contributed by atoms with Crippen molar-refractivity contribution in [3.05, 3.63) is 48.2 Å². The molecule has 1 heterocycles. The predicted molar refractivity (Wildman–Crippen MR) is 83.8 cm³/mol. The maximum atomic E-state index is 11.8. The summed E-state index contributed by atoms with van der Waals surface area (Å²) in [5.41, 5.74) is 1.27. The molecule has 6 heteroatoms. The Bertz CT molecular complexity index is 669. The third-order valence-electron chi connectivity index (χ3n) is 2.76. The number of carbonyl (C=O) groups is 2. The number of rotatable bonds is 4. The molecule has 0 saturated heterocycles. The van der Waals surface area contributed by atoms with E-state index in [1.165, 1.54) is 0 Å². The van der Waals surface area contributed by atoms with E-state index in [0.717, 1.165) is 5.69 Å². The highest BCUT2D eigenvalue weighted by molar-refractivity contribution is 6.43. The number of carbonyl (C=O) groups excluding carboxylic acids is 2. The minimum atomic E-state index is -0.771. The molecule has 2 rings (SSSR count). The van der Waals surface area contributed by atoms with Crippen molar-refractivity contribution in [3.63, 3.8) is 0 Å². The Hall–Kier alpha value is -2.89. The second kappa shape index (κ2) is 7.21. The standard InChI is InChI=1S/C16H17N3O3/c1-3-22-13-9-7-12(8-10-13)18-15(20)16(21)19-14-6-4-5-11(2)17-14/h4-10H,3H2,1-2H3,(H,18,20)(H,17,19,21). The van der Waals surface area contributed by atoms with Gasteiger partial charge >= 0.3 is 11.8 Å². The first-order valence-electron chi connectivity index (χ1n) is 6.87. The lowest BCUT2D eigenvalue weighted by Crippen LogP contribution is -2.29. The van der Waals surface area contributed by atoms with Gasteiger partial charge in [0, 0.05) is 11.4 Å². The fourth-order valence-corrected chi connectivity index (χ4v) is 1.77. The number of nitrogens with one attached hydrogen (secondary N) is 2. The molecule has 0 radical (unpaired) electrons. The number of amides is 2. The number of aryl methyl sites for hydroxylation is 1. The minimum Gasteiger partial charge on any atom is -0.494 e. The molecule has 22 heavy (non-hydrogen) atoms. The molecular weight excluding hydrogens is 282 g/mol. The van der Waals surface area contributed by atoms with Crippen LogP contribution in [-0.4, -0.2) is 23.4 Å². The summed E-state index contributed by atoms with van der Waals surface area (Å²) in [4.78, 5) is 27.7. The van der Waals surface area contributed by atoms with Crippen molar-refractivity contribution in [3.8, 4) is 5.75 Å². The van der Waals surface area contributed by atoms with Gasteiger partial charge in [-0.2, -0.15) is 0 Å². The van der Waals surface area contributed by atoms with E-state index in [1.54, 1.807) is 49.4 Å². The van der Waals surface area contributed by atoms with Crippen molar-refractivity contribution < 1.29 is 14.3 Å². The van der Waals surface area contributed by atoms with Gasteiger partial charge in [0.25, 0.3) is 0 Å². The lowest BCUT2D eigenvalue weighted by Gasteiger charge is -2.07. The summed E-state index contributed by atoms with van der Waals surface area (Å²) in [6, 6.07) is 12.0. The van der Waals surface area contributed by atoms with Gasteiger partial charge in [0.1, 0.15) is 11.6 Å². The molecule has 114 valence electrons. The summed E-state index contributed by atoms with van der Waals surface area (Å²) in [7, 11) is 0. The molecule has 1 aromatic heterocycles. The summed E-state index contributed by atoms with van der Waals surface area (Å²) in [6.07, 6.45) is 0. The van der Waals surface area contributed by atoms with Crippen LogP contribution in [0.3, 0.4) is 0 Å². The molecule has 6 nitrogen and oxygen atoms in total. The van der Waals surface area contributed by atoms with Crippen LogP contribution in [0.4, 0.5) is 11.5 Å². The fraction of sp³-hybridized carbons (Fsp3) is 0.188. The Morgan fingerprint density at radius 1 is 1.05 bits per heavy atom. The van der Waals surface area contributed by atoms with E-state index >= 15 is 0 Å². The van der Waals surface area contributed by atoms with Crippen molar-refractivity contribution >= 4 is 23.3 Å². The quantitative estimate of drug-likeness (QED) is 0.849. The zero-order chi connectivity index (χ0) is 15.9. The Kier molecular flexibility index (Phi) is 5.08. The molecule has 0 bridgehead atoms. The van der Waals surface area contributed by atoms with Gasteiger partial charge in [-0.25, -0.2) is 4.98 Å². The monoisotopic (exact) mass is 299 g/mol. The van der Waals surface area contributed by atoms with Gasteiger partial charge in [0.05, 0.1) is 6.61 Å². The van der Waals surface area contributed by atoms with E-state index in [1.807, 2.05) is 6.92 Å². The van der Waals surface area contributed by atoms with Crippen molar-refractivity contribution in [1.29, 1.82) is 0 Å². The molecule has 0 saturated carbocycles. The van der Waals surface area contributed by atoms with E-state index in [2.05, 4.69) is 15.6 Å². The highest BCUT2D eigenvalue weighted by Crippen LogP contribution is 2.15. The van der Waals surface area contributed by atoms with Crippen molar-refractivity contribution in [1.82, 2.24) is 4.98 Å². The van der Waals surface area contributed by atoms with Crippen LogP contribution in [0.25, 0.3) is 0 Å². The normalized spacial score (nSPS) is 9.91. The van der Waals surface area contributed by atoms with E-state index in [-0.39, 0.29) is 0 Å². The van der Waals surface area contributed by atoms with E-state index in [4.69, 9.17) is 4.74 Å². The van der Waals surface area contributed by atoms with Crippen molar-refractivity contribution in [2.75, 3.05) is 17.2 Å². The summed E-state index contributed by atoms with van der Waals surface area (Å²) >= 11 is 0. The number of pyridine rings is 1. The predicted octanol–water partition coefficient (Wildman–Crippen LogP) is 2.37. The zero-order valence-corrected chi connectivity index (χ0v) is 12.4. The molecule has 0 fully saturated rings. The molecule has 0 aliphatic carbocycles. The van der Waals surface area contributed by atoms with Crippen LogP contribution < -0.4 is 15.4 Å². The average Bonchev–Trinajstić information content (AvgIpc) is 2.49. The summed E-state index contributed by atoms with van der Waals surface area (Å²) in [6.45, 7) is 4.26. The van der Waals surface area contributed by atoms with Crippen molar-refractivity contribution in [2.24, 2.45) is 0 Å². The smallest absolute Gasteiger partial charge is 0.315 e. The Morgan fingerprint density at radius 3 is 2.36 bits per heavy atom. The van der Waals surface area contributed by atoms with Gasteiger partial charge in [0.15, 0.2) is 0 Å². The Balaban J connectivity index is 1.95. The largest absolute Gasteiger partial charge is 0.494 e. The summed E-state index contributed by atoms with van der Waals surface area (Å²) in [5.74, 6) is -0.486. The minimum absolute atomic E-state index is 0.340. The molecule has 0 aliphatic heterocycles. The van der Waals surface area contributed by atoms with Gasteiger partial charge < -0.3 is 15.4 Å². The Labute approximate surface area is 128 Å². The molecule has 0 unspecified atom stereocenters. The zero-order valence-electron chi connectivity index (χ0n) is 12.4. The summed E-state index contributed by atoms with van der Waals surface area (Å²) in [5, 5.41) is 4.96. The van der Waals surface area contributed by atoms with Crippen LogP contribution in [0.5, 0.6) is 5.75 Å². The first kappa shape index (κ1) is 15.5. The molecule has 0 spiro atoms. The van der Waals surface area contributed by atoms with E-state index in [9.17, 15) is 9.59 Å². The first-order chi connectivity index (χ1) is 10.6. The molecule has 2 amide bonds. The molecule has 2 N–H and O–H groups in total. The number of hydrogen-bond donors (Lipinski definition) is 2. The van der Waals surface area contributed by atoms with Crippen LogP contribution in [0, 0.1) is 6.92 Å². The maximum Gasteiger partial charge on any atom is 0.315 e. The van der Waals surface area contributed by atoms with Crippen LogP contribution >= 0.6 is 0 Å². The number of hydrogen-bond acceptors (Lipinski definition) is 4. The fourth-order valence-electron chi connectivity index (χ4n) is 1.77. The first-order valence-corrected chi connectivity index (χ1v) is 6.87. The molecular formula is C16H17N3O3. The third kappa shape index (κ3) is 4.31. The maximum absolute atomic E-state index is 11.8. The van der Waals surface area contributed by atoms with Crippen LogP contribution in [0.1, 0.15) is 12.6 Å². The van der Waals surface area contributed by atoms with Gasteiger partial charge in [-0.15, -0.1) is 0 Å². The average molecular weight is 299 g/mol. The lowest BCUT2D eigenvalue weighted by molar-refractivity contribution is -0.133. The topological polar surface area (TPSA) is 80.3 Å². The van der Waals surface area contributed by atoms with Crippen LogP contribution in [0.15, 0.2) is 42.5 Å². The second-order valence-electron chi connectivity index (χ2n) is 4.53. The van der Waals surface area contributed by atoms with Crippen molar-refractivity contribution in [2.45, 2.75) is 13.8 Å². The second-order valence-corrected chi connectivity index (χ2v) is 4.53. The number of benzene rings is 1. The SMILES string of the molecule is CCOc1ccc(NC(=O)C(=O)Nc2cccc(C)n2)cc1. The van der Waals surface area contributed by atoms with Crippen LogP contribution in [0.2, 0.25) is 0 Å². The molecule has 0 atom stereocenters. The van der Waals surface area contributed by atoms with E-state index < -0.39 is 11.8 Å². The third-order valence-corrected chi connectivity index (χ3v) is 2.76. The summed E-state index contributed by atoms with van der Waals surface area (Å²) < 4.78 is 5.30. The molecule has 1 aromatic carbocycles. The number of nitrogens with zero attached hydrogens (tertiary/aromatic N) is 1. The van der Waals surface area contributed by atoms with Gasteiger partial charge in [-0.1, -0.05) is 6.07 Å². The number of aromatic nitrogens is 1. The van der Waals surface area contributed by atoms with Gasteiger partial charge in [-0.05, 0) is 50.2 Å². The van der Waals surface area contributed by atoms with Gasteiger partial charge in [0.2, 0.25) is 0 Å². The Morgan fingerprint density at radius 2 is 1.73 bits per heavy atom. The number of anilines is 2. The number of ether oxygens (including phenoxy) is 1. The van der Waals surface area contributed by atoms with Gasteiger partial charge in [-0.3, -0.25) is 9.59 Å².